The van der Waals surface area contributed by atoms with Gasteiger partial charge in [-0.25, -0.2) is 4.39 Å². The fraction of sp³-hybridized carbons (Fsp3) is 0.429. The third-order valence-electron chi connectivity index (χ3n) is 3.24. The summed E-state index contributed by atoms with van der Waals surface area (Å²) in [5.41, 5.74) is 0.438. The highest BCUT2D eigenvalue weighted by Gasteiger charge is 2.17. The van der Waals surface area contributed by atoms with E-state index in [4.69, 9.17) is 5.26 Å². The SMILES string of the molecule is N#Cc1c(F)cccc1NCCC(=O)N1CCCC1. The molecule has 1 amide bonds. The van der Waals surface area contributed by atoms with Gasteiger partial charge in [-0.2, -0.15) is 5.26 Å². The maximum atomic E-state index is 13.3. The van der Waals surface area contributed by atoms with Crippen LogP contribution in [0.4, 0.5) is 10.1 Å². The van der Waals surface area contributed by atoms with E-state index < -0.39 is 5.82 Å². The van der Waals surface area contributed by atoms with E-state index >= 15 is 0 Å². The third-order valence-corrected chi connectivity index (χ3v) is 3.24. The Morgan fingerprint density at radius 3 is 2.84 bits per heavy atom. The van der Waals surface area contributed by atoms with E-state index in [1.807, 2.05) is 11.0 Å². The van der Waals surface area contributed by atoms with Crippen molar-refractivity contribution in [2.75, 3.05) is 25.0 Å². The first kappa shape index (κ1) is 13.3. The zero-order valence-corrected chi connectivity index (χ0v) is 10.7. The Bertz CT molecular complexity index is 504. The van der Waals surface area contributed by atoms with Crippen LogP contribution in [0.2, 0.25) is 0 Å². The number of nitriles is 1. The molecule has 4 nitrogen and oxygen atoms in total. The molecule has 0 radical (unpaired) electrons. The van der Waals surface area contributed by atoms with E-state index in [0.717, 1.165) is 25.9 Å². The van der Waals surface area contributed by atoms with Crippen LogP contribution in [0.3, 0.4) is 0 Å². The summed E-state index contributed by atoms with van der Waals surface area (Å²) in [6.45, 7) is 2.08. The summed E-state index contributed by atoms with van der Waals surface area (Å²) in [6.07, 6.45) is 2.50. The minimum absolute atomic E-state index is 0.00359. The van der Waals surface area contributed by atoms with Crippen molar-refractivity contribution in [1.29, 1.82) is 5.26 Å². The molecule has 100 valence electrons. The average Bonchev–Trinajstić information content (AvgIpc) is 2.93. The fourth-order valence-corrected chi connectivity index (χ4v) is 2.21. The van der Waals surface area contributed by atoms with Crippen molar-refractivity contribution in [2.45, 2.75) is 19.3 Å². The molecule has 1 aliphatic rings. The van der Waals surface area contributed by atoms with Crippen LogP contribution in [-0.4, -0.2) is 30.4 Å². The van der Waals surface area contributed by atoms with Crippen LogP contribution in [0.1, 0.15) is 24.8 Å². The van der Waals surface area contributed by atoms with Gasteiger partial charge >= 0.3 is 0 Å². The van der Waals surface area contributed by atoms with E-state index in [0.29, 0.717) is 18.7 Å². The van der Waals surface area contributed by atoms with E-state index in [-0.39, 0.29) is 11.5 Å². The van der Waals surface area contributed by atoms with E-state index in [1.54, 1.807) is 12.1 Å². The van der Waals surface area contributed by atoms with Crippen LogP contribution in [0.25, 0.3) is 0 Å². The quantitative estimate of drug-likeness (QED) is 0.903. The van der Waals surface area contributed by atoms with Gasteiger partial charge in [0.1, 0.15) is 17.4 Å². The summed E-state index contributed by atoms with van der Waals surface area (Å²) < 4.78 is 13.3. The monoisotopic (exact) mass is 261 g/mol. The number of likely N-dealkylation sites (tertiary alicyclic amines) is 1. The van der Waals surface area contributed by atoms with Crippen LogP contribution < -0.4 is 5.32 Å². The Balaban J connectivity index is 1.87. The molecule has 2 rings (SSSR count). The fourth-order valence-electron chi connectivity index (χ4n) is 2.21. The Hall–Kier alpha value is -2.09. The number of carbonyl (C=O) groups excluding carboxylic acids is 1. The molecule has 0 spiro atoms. The molecule has 1 aromatic rings. The smallest absolute Gasteiger partial charge is 0.224 e. The molecule has 1 fully saturated rings. The molecule has 0 saturated carbocycles. The number of hydrogen-bond acceptors (Lipinski definition) is 3. The number of anilines is 1. The van der Waals surface area contributed by atoms with Gasteiger partial charge in [-0.05, 0) is 25.0 Å². The summed E-state index contributed by atoms with van der Waals surface area (Å²) in [6, 6.07) is 6.26. The minimum atomic E-state index is -0.543. The van der Waals surface area contributed by atoms with Gasteiger partial charge in [0.15, 0.2) is 0 Å². The van der Waals surface area contributed by atoms with Gasteiger partial charge in [0.05, 0.1) is 5.69 Å². The first-order valence-electron chi connectivity index (χ1n) is 6.42. The lowest BCUT2D eigenvalue weighted by Crippen LogP contribution is -2.29. The molecular weight excluding hydrogens is 245 g/mol. The standard InChI is InChI=1S/C14H16FN3O/c15-12-4-3-5-13(11(12)10-16)17-7-6-14(19)18-8-1-2-9-18/h3-5,17H,1-2,6-9H2. The summed E-state index contributed by atoms with van der Waals surface area (Å²) in [7, 11) is 0. The van der Waals surface area contributed by atoms with Crippen molar-refractivity contribution in [3.63, 3.8) is 0 Å². The Morgan fingerprint density at radius 1 is 1.42 bits per heavy atom. The van der Waals surface area contributed by atoms with E-state index in [9.17, 15) is 9.18 Å². The van der Waals surface area contributed by atoms with Crippen molar-refractivity contribution in [1.82, 2.24) is 4.90 Å². The van der Waals surface area contributed by atoms with Crippen LogP contribution in [0, 0.1) is 17.1 Å². The van der Waals surface area contributed by atoms with Crippen LogP contribution >= 0.6 is 0 Å². The summed E-state index contributed by atoms with van der Waals surface area (Å²) in [4.78, 5) is 13.6. The predicted octanol–water partition coefficient (Wildman–Crippen LogP) is 2.12. The number of carbonyl (C=O) groups is 1. The van der Waals surface area contributed by atoms with Gasteiger partial charge in [-0.1, -0.05) is 6.07 Å². The lowest BCUT2D eigenvalue weighted by molar-refractivity contribution is -0.129. The number of nitrogens with one attached hydrogen (secondary N) is 1. The highest BCUT2D eigenvalue weighted by Crippen LogP contribution is 2.17. The normalized spacial score (nSPS) is 14.2. The van der Waals surface area contributed by atoms with E-state index in [1.165, 1.54) is 6.07 Å². The first-order chi connectivity index (χ1) is 9.22. The average molecular weight is 261 g/mol. The number of halogens is 1. The van der Waals surface area contributed by atoms with Gasteiger partial charge < -0.3 is 10.2 Å². The molecule has 0 aliphatic carbocycles. The molecule has 1 heterocycles. The molecule has 5 heteroatoms. The van der Waals surface area contributed by atoms with Gasteiger partial charge in [0, 0.05) is 26.1 Å². The molecule has 0 bridgehead atoms. The summed E-state index contributed by atoms with van der Waals surface area (Å²) in [5, 5.41) is 11.8. The second-order valence-electron chi connectivity index (χ2n) is 4.54. The molecule has 1 aliphatic heterocycles. The van der Waals surface area contributed by atoms with Crippen molar-refractivity contribution >= 4 is 11.6 Å². The molecule has 1 N–H and O–H groups in total. The van der Waals surface area contributed by atoms with Crippen molar-refractivity contribution in [2.24, 2.45) is 0 Å². The molecule has 0 unspecified atom stereocenters. The summed E-state index contributed by atoms with van der Waals surface area (Å²) in [5.74, 6) is -0.432. The number of nitrogens with zero attached hydrogens (tertiary/aromatic N) is 2. The van der Waals surface area contributed by atoms with Crippen LogP contribution in [-0.2, 0) is 4.79 Å². The molecular formula is C14H16FN3O. The van der Waals surface area contributed by atoms with Gasteiger partial charge in [0.25, 0.3) is 0 Å². The number of amides is 1. The van der Waals surface area contributed by atoms with Crippen LogP contribution in [0.5, 0.6) is 0 Å². The highest BCUT2D eigenvalue weighted by molar-refractivity contribution is 5.77. The Morgan fingerprint density at radius 2 is 2.16 bits per heavy atom. The minimum Gasteiger partial charge on any atom is -0.383 e. The molecule has 0 aromatic heterocycles. The van der Waals surface area contributed by atoms with E-state index in [2.05, 4.69) is 5.32 Å². The van der Waals surface area contributed by atoms with Crippen molar-refractivity contribution in [3.8, 4) is 6.07 Å². The van der Waals surface area contributed by atoms with Gasteiger partial charge in [-0.3, -0.25) is 4.79 Å². The maximum Gasteiger partial charge on any atom is 0.224 e. The molecule has 0 atom stereocenters. The maximum absolute atomic E-state index is 13.3. The number of rotatable bonds is 4. The third kappa shape index (κ3) is 3.22. The predicted molar refractivity (Wildman–Crippen MR) is 70.0 cm³/mol. The zero-order chi connectivity index (χ0) is 13.7. The Kier molecular flexibility index (Phi) is 4.35. The van der Waals surface area contributed by atoms with Crippen LogP contribution in [0.15, 0.2) is 18.2 Å². The molecule has 1 saturated heterocycles. The highest BCUT2D eigenvalue weighted by atomic mass is 19.1. The van der Waals surface area contributed by atoms with Gasteiger partial charge in [-0.15, -0.1) is 0 Å². The zero-order valence-electron chi connectivity index (χ0n) is 10.7. The van der Waals surface area contributed by atoms with Crippen molar-refractivity contribution in [3.05, 3.63) is 29.6 Å². The molecule has 1 aromatic carbocycles. The number of hydrogen-bond donors (Lipinski definition) is 1. The largest absolute Gasteiger partial charge is 0.383 e. The Labute approximate surface area is 111 Å². The number of benzene rings is 1. The molecule has 19 heavy (non-hydrogen) atoms. The van der Waals surface area contributed by atoms with Gasteiger partial charge in [0.2, 0.25) is 5.91 Å². The lowest BCUT2D eigenvalue weighted by Gasteiger charge is -2.15. The van der Waals surface area contributed by atoms with Crippen molar-refractivity contribution < 1.29 is 9.18 Å². The second kappa shape index (κ2) is 6.19. The topological polar surface area (TPSA) is 56.1 Å². The second-order valence-corrected chi connectivity index (χ2v) is 4.54. The first-order valence-corrected chi connectivity index (χ1v) is 6.42. The summed E-state index contributed by atoms with van der Waals surface area (Å²) >= 11 is 0. The lowest BCUT2D eigenvalue weighted by atomic mass is 10.2.